The summed E-state index contributed by atoms with van der Waals surface area (Å²) in [5, 5.41) is 5.60. The maximum Gasteiger partial charge on any atom is 0.266 e. The Kier molecular flexibility index (Phi) is 4.55. The Bertz CT molecular complexity index is 1240. The molecule has 0 radical (unpaired) electrons. The van der Waals surface area contributed by atoms with Gasteiger partial charge in [-0.25, -0.2) is 9.67 Å². The lowest BCUT2D eigenvalue weighted by Crippen LogP contribution is -2.26. The van der Waals surface area contributed by atoms with Gasteiger partial charge in [0.1, 0.15) is 18.3 Å². The number of carbonyl (C=O) groups is 1. The zero-order valence-electron chi connectivity index (χ0n) is 14.7. The van der Waals surface area contributed by atoms with Crippen LogP contribution in [0.5, 0.6) is 0 Å². The smallest absolute Gasteiger partial charge is 0.266 e. The Morgan fingerprint density at radius 3 is 2.79 bits per heavy atom. The normalized spacial score (nSPS) is 13.5. The first-order valence-corrected chi connectivity index (χ1v) is 10.2. The van der Waals surface area contributed by atoms with Crippen LogP contribution in [0.4, 0.5) is 0 Å². The van der Waals surface area contributed by atoms with E-state index in [2.05, 4.69) is 15.1 Å². The molecule has 0 spiro atoms. The number of H-pyrrole nitrogens is 1. The van der Waals surface area contributed by atoms with E-state index in [0.29, 0.717) is 26.9 Å². The number of halogens is 1. The average Bonchev–Trinajstić information content (AvgIpc) is 3.35. The van der Waals surface area contributed by atoms with Gasteiger partial charge >= 0.3 is 0 Å². The van der Waals surface area contributed by atoms with E-state index in [1.165, 1.54) is 24.4 Å². The number of nitrogens with one attached hydrogen (secondary N) is 1. The second-order valence-corrected chi connectivity index (χ2v) is 8.86. The van der Waals surface area contributed by atoms with Gasteiger partial charge in [0.2, 0.25) is 0 Å². The molecule has 0 fully saturated rings. The zero-order valence-corrected chi connectivity index (χ0v) is 16.3. The van der Waals surface area contributed by atoms with Crippen molar-refractivity contribution in [2.24, 2.45) is 5.73 Å². The fourth-order valence-electron chi connectivity index (χ4n) is 3.12. The summed E-state index contributed by atoms with van der Waals surface area (Å²) in [5.74, 6) is -0.743. The molecule has 1 amide bonds. The Balaban J connectivity index is 2.00. The predicted molar refractivity (Wildman–Crippen MR) is 107 cm³/mol. The SMILES string of the molecule is COP(=O)(c1cccc(-n2cncn2)c1)c1c(C(N)=O)[nH]c2ccc(Cl)cc12. The first kappa shape index (κ1) is 18.4. The number of fused-ring (bicyclic) bond motifs is 1. The first-order chi connectivity index (χ1) is 13.4. The van der Waals surface area contributed by atoms with Gasteiger partial charge in [-0.15, -0.1) is 0 Å². The molecule has 0 aliphatic rings. The van der Waals surface area contributed by atoms with Crippen LogP contribution in [-0.4, -0.2) is 32.8 Å². The molecule has 0 saturated carbocycles. The van der Waals surface area contributed by atoms with Crippen molar-refractivity contribution in [3.8, 4) is 5.69 Å². The molecule has 0 aliphatic carbocycles. The lowest BCUT2D eigenvalue weighted by atomic mass is 10.2. The highest BCUT2D eigenvalue weighted by atomic mass is 35.5. The lowest BCUT2D eigenvalue weighted by Gasteiger charge is -2.18. The number of aromatic nitrogens is 4. The van der Waals surface area contributed by atoms with E-state index in [1.54, 1.807) is 42.5 Å². The number of hydrogen-bond donors (Lipinski definition) is 2. The summed E-state index contributed by atoms with van der Waals surface area (Å²) >= 11 is 6.13. The number of hydrogen-bond acceptors (Lipinski definition) is 5. The minimum absolute atomic E-state index is 0.0219. The van der Waals surface area contributed by atoms with E-state index in [-0.39, 0.29) is 11.0 Å². The van der Waals surface area contributed by atoms with Crippen molar-refractivity contribution in [2.75, 3.05) is 7.11 Å². The molecular weight excluding hydrogens is 401 g/mol. The third-order valence-electron chi connectivity index (χ3n) is 4.38. The quantitative estimate of drug-likeness (QED) is 0.485. The largest absolute Gasteiger partial charge is 0.364 e. The van der Waals surface area contributed by atoms with Crippen LogP contribution in [0.15, 0.2) is 55.1 Å². The molecule has 4 rings (SSSR count). The molecule has 0 saturated heterocycles. The van der Waals surface area contributed by atoms with Gasteiger partial charge in [-0.1, -0.05) is 17.7 Å². The maximum atomic E-state index is 14.1. The van der Waals surface area contributed by atoms with Crippen LogP contribution in [-0.2, 0) is 9.09 Å². The van der Waals surface area contributed by atoms with E-state index < -0.39 is 13.3 Å². The second-order valence-electron chi connectivity index (χ2n) is 6.00. The molecule has 28 heavy (non-hydrogen) atoms. The Morgan fingerprint density at radius 2 is 2.11 bits per heavy atom. The molecule has 10 heteroatoms. The van der Waals surface area contributed by atoms with Crippen molar-refractivity contribution in [1.29, 1.82) is 0 Å². The van der Waals surface area contributed by atoms with Crippen molar-refractivity contribution < 1.29 is 13.9 Å². The molecular formula is C18H15ClN5O3P. The Morgan fingerprint density at radius 1 is 1.29 bits per heavy atom. The van der Waals surface area contributed by atoms with E-state index in [4.69, 9.17) is 21.9 Å². The van der Waals surface area contributed by atoms with Gasteiger partial charge in [-0.2, -0.15) is 5.10 Å². The predicted octanol–water partition coefficient (Wildman–Crippen LogP) is 2.38. The van der Waals surface area contributed by atoms with Crippen LogP contribution in [0.1, 0.15) is 10.5 Å². The summed E-state index contributed by atoms with van der Waals surface area (Å²) in [6.45, 7) is 0. The van der Waals surface area contributed by atoms with Crippen molar-refractivity contribution >= 4 is 46.4 Å². The minimum atomic E-state index is -3.70. The minimum Gasteiger partial charge on any atom is -0.364 e. The lowest BCUT2D eigenvalue weighted by molar-refractivity contribution is 0.0997. The van der Waals surface area contributed by atoms with Gasteiger partial charge in [0.15, 0.2) is 0 Å². The molecule has 1 unspecified atom stereocenters. The zero-order chi connectivity index (χ0) is 19.9. The summed E-state index contributed by atoms with van der Waals surface area (Å²) in [6.07, 6.45) is 2.92. The van der Waals surface area contributed by atoms with Crippen LogP contribution in [0.3, 0.4) is 0 Å². The maximum absolute atomic E-state index is 14.1. The van der Waals surface area contributed by atoms with E-state index in [1.807, 2.05) is 0 Å². The molecule has 8 nitrogen and oxygen atoms in total. The van der Waals surface area contributed by atoms with Gasteiger partial charge in [0, 0.05) is 28.3 Å². The molecule has 0 bridgehead atoms. The number of carbonyl (C=O) groups excluding carboxylic acids is 1. The number of benzene rings is 2. The van der Waals surface area contributed by atoms with Crippen LogP contribution in [0.2, 0.25) is 5.02 Å². The van der Waals surface area contributed by atoms with Crippen molar-refractivity contribution in [3.63, 3.8) is 0 Å². The number of aromatic amines is 1. The number of nitrogens with zero attached hydrogens (tertiary/aromatic N) is 3. The van der Waals surface area contributed by atoms with Gasteiger partial charge in [-0.3, -0.25) is 9.36 Å². The van der Waals surface area contributed by atoms with Crippen LogP contribution >= 0.6 is 19.0 Å². The highest BCUT2D eigenvalue weighted by Gasteiger charge is 2.35. The number of primary amides is 1. The third-order valence-corrected chi connectivity index (χ3v) is 7.14. The summed E-state index contributed by atoms with van der Waals surface area (Å²) in [5.41, 5.74) is 6.80. The van der Waals surface area contributed by atoms with Crippen LogP contribution < -0.4 is 16.3 Å². The first-order valence-electron chi connectivity index (χ1n) is 8.17. The molecule has 2 aromatic heterocycles. The summed E-state index contributed by atoms with van der Waals surface area (Å²) in [4.78, 5) is 18.9. The summed E-state index contributed by atoms with van der Waals surface area (Å²) in [6, 6.07) is 11.8. The molecule has 2 heterocycles. The summed E-state index contributed by atoms with van der Waals surface area (Å²) in [7, 11) is -2.36. The number of nitrogens with two attached hydrogens (primary N) is 1. The molecule has 3 N–H and O–H groups in total. The van der Waals surface area contributed by atoms with Crippen molar-refractivity contribution in [3.05, 3.63) is 65.8 Å². The monoisotopic (exact) mass is 415 g/mol. The van der Waals surface area contributed by atoms with Gasteiger partial charge in [0.25, 0.3) is 13.3 Å². The Labute approximate surface area is 164 Å². The fraction of sp³-hybridized carbons (Fsp3) is 0.0556. The number of rotatable bonds is 5. The molecule has 0 aliphatic heterocycles. The molecule has 1 atom stereocenters. The standard InChI is InChI=1S/C18H15ClN5O3P/c1-27-28(26,13-4-2-3-12(8-13)24-10-21-9-22-24)17-14-7-11(19)5-6-15(14)23-16(17)18(20)25/h2-10,23H,1H3,(H2,20,25). The van der Waals surface area contributed by atoms with Crippen LogP contribution in [0.25, 0.3) is 16.6 Å². The van der Waals surface area contributed by atoms with E-state index in [0.717, 1.165) is 0 Å². The highest BCUT2D eigenvalue weighted by Crippen LogP contribution is 2.47. The van der Waals surface area contributed by atoms with Gasteiger partial charge < -0.3 is 15.2 Å². The molecule has 142 valence electrons. The highest BCUT2D eigenvalue weighted by molar-refractivity contribution is 7.75. The topological polar surface area (TPSA) is 116 Å². The average molecular weight is 416 g/mol. The van der Waals surface area contributed by atoms with Crippen molar-refractivity contribution in [1.82, 2.24) is 19.7 Å². The fourth-order valence-corrected chi connectivity index (χ4v) is 5.49. The Hall–Kier alpha value is -2.93. The number of amides is 1. The third kappa shape index (κ3) is 2.92. The van der Waals surface area contributed by atoms with Crippen LogP contribution in [0, 0.1) is 0 Å². The van der Waals surface area contributed by atoms with Gasteiger partial charge in [-0.05, 0) is 36.4 Å². The van der Waals surface area contributed by atoms with E-state index in [9.17, 15) is 9.36 Å². The van der Waals surface area contributed by atoms with Crippen molar-refractivity contribution in [2.45, 2.75) is 0 Å². The second kappa shape index (κ2) is 6.91. The van der Waals surface area contributed by atoms with E-state index >= 15 is 0 Å². The molecule has 2 aromatic carbocycles. The summed E-state index contributed by atoms with van der Waals surface area (Å²) < 4.78 is 21.1. The van der Waals surface area contributed by atoms with Gasteiger partial charge in [0.05, 0.1) is 11.0 Å². The molecule has 4 aromatic rings.